The molecule has 3 rings (SSSR count). The molecule has 5 nitrogen and oxygen atoms in total. The maximum Gasteiger partial charge on any atom is 0.240 e. The number of nitrogens with one attached hydrogen (secondary N) is 2. The van der Waals surface area contributed by atoms with E-state index in [-0.39, 0.29) is 18.1 Å². The van der Waals surface area contributed by atoms with Gasteiger partial charge < -0.3 is 5.32 Å². The van der Waals surface area contributed by atoms with E-state index in [1.165, 1.54) is 0 Å². The standard InChI is InChI=1S/C14H14N2O3/c1-15-10-4-2-3-8-9(10)7-14(12(8)18)6-5-11(17)16-13(14)19/h2-4,15H,5-7H2,1H3,(H,16,17,19). The van der Waals surface area contributed by atoms with Crippen LogP contribution in [0, 0.1) is 5.41 Å². The highest BCUT2D eigenvalue weighted by atomic mass is 16.2. The van der Waals surface area contributed by atoms with Crippen molar-refractivity contribution in [2.24, 2.45) is 5.41 Å². The van der Waals surface area contributed by atoms with Gasteiger partial charge in [0.15, 0.2) is 5.78 Å². The Kier molecular flexibility index (Phi) is 2.45. The molecule has 1 spiro atoms. The van der Waals surface area contributed by atoms with Crippen molar-refractivity contribution in [3.8, 4) is 0 Å². The molecule has 19 heavy (non-hydrogen) atoms. The average molecular weight is 258 g/mol. The Morgan fingerprint density at radius 3 is 2.74 bits per heavy atom. The Hall–Kier alpha value is -2.17. The van der Waals surface area contributed by atoms with Crippen LogP contribution in [0.4, 0.5) is 5.69 Å². The van der Waals surface area contributed by atoms with E-state index in [2.05, 4.69) is 10.6 Å². The van der Waals surface area contributed by atoms with Gasteiger partial charge in [-0.3, -0.25) is 19.7 Å². The second-order valence-electron chi connectivity index (χ2n) is 5.05. The second kappa shape index (κ2) is 3.91. The molecule has 1 unspecified atom stereocenters. The first-order valence-corrected chi connectivity index (χ1v) is 6.27. The maximum absolute atomic E-state index is 12.6. The zero-order chi connectivity index (χ0) is 13.6. The minimum Gasteiger partial charge on any atom is -0.388 e. The van der Waals surface area contributed by atoms with Crippen LogP contribution >= 0.6 is 0 Å². The lowest BCUT2D eigenvalue weighted by Gasteiger charge is -2.29. The van der Waals surface area contributed by atoms with Gasteiger partial charge in [0.2, 0.25) is 11.8 Å². The van der Waals surface area contributed by atoms with Crippen molar-refractivity contribution in [2.45, 2.75) is 19.3 Å². The van der Waals surface area contributed by atoms with Crippen LogP contribution in [-0.2, 0) is 16.0 Å². The molecule has 0 radical (unpaired) electrons. The summed E-state index contributed by atoms with van der Waals surface area (Å²) in [4.78, 5) is 36.0. The van der Waals surface area contributed by atoms with Crippen molar-refractivity contribution < 1.29 is 14.4 Å². The normalized spacial score (nSPS) is 25.4. The average Bonchev–Trinajstić information content (AvgIpc) is 2.69. The van der Waals surface area contributed by atoms with Crippen LogP contribution in [0.2, 0.25) is 0 Å². The summed E-state index contributed by atoms with van der Waals surface area (Å²) in [6.45, 7) is 0. The van der Waals surface area contributed by atoms with E-state index in [0.717, 1.165) is 11.3 Å². The fourth-order valence-corrected chi connectivity index (χ4v) is 3.00. The molecular weight excluding hydrogens is 244 g/mol. The number of ketones is 1. The Morgan fingerprint density at radius 2 is 2.05 bits per heavy atom. The summed E-state index contributed by atoms with van der Waals surface area (Å²) < 4.78 is 0. The summed E-state index contributed by atoms with van der Waals surface area (Å²) in [6, 6.07) is 5.43. The Labute approximate surface area is 110 Å². The zero-order valence-electron chi connectivity index (χ0n) is 10.6. The van der Waals surface area contributed by atoms with Crippen LogP contribution in [-0.4, -0.2) is 24.6 Å². The number of piperidine rings is 1. The van der Waals surface area contributed by atoms with Gasteiger partial charge in [0, 0.05) is 24.7 Å². The Bertz CT molecular complexity index is 609. The lowest BCUT2D eigenvalue weighted by Crippen LogP contribution is -2.51. The molecule has 1 aliphatic heterocycles. The van der Waals surface area contributed by atoms with Gasteiger partial charge in [0.05, 0.1) is 0 Å². The number of benzene rings is 1. The molecule has 1 fully saturated rings. The van der Waals surface area contributed by atoms with Gasteiger partial charge in [-0.1, -0.05) is 12.1 Å². The van der Waals surface area contributed by atoms with Crippen molar-refractivity contribution >= 4 is 23.3 Å². The summed E-state index contributed by atoms with van der Waals surface area (Å²) in [5, 5.41) is 5.34. The third kappa shape index (κ3) is 1.51. The molecule has 1 atom stereocenters. The number of imide groups is 1. The predicted molar refractivity (Wildman–Crippen MR) is 68.8 cm³/mol. The lowest BCUT2D eigenvalue weighted by atomic mass is 9.76. The van der Waals surface area contributed by atoms with E-state index in [1.807, 2.05) is 6.07 Å². The van der Waals surface area contributed by atoms with Gasteiger partial charge >= 0.3 is 0 Å². The van der Waals surface area contributed by atoms with Gasteiger partial charge in [0.1, 0.15) is 5.41 Å². The number of hydrogen-bond donors (Lipinski definition) is 2. The predicted octanol–water partition coefficient (Wildman–Crippen LogP) is 0.890. The number of fused-ring (bicyclic) bond motifs is 1. The van der Waals surface area contributed by atoms with Crippen molar-refractivity contribution in [2.75, 3.05) is 12.4 Å². The van der Waals surface area contributed by atoms with Crippen LogP contribution in [0.1, 0.15) is 28.8 Å². The van der Waals surface area contributed by atoms with E-state index in [9.17, 15) is 14.4 Å². The van der Waals surface area contributed by atoms with E-state index < -0.39 is 11.3 Å². The van der Waals surface area contributed by atoms with Gasteiger partial charge in [-0.15, -0.1) is 0 Å². The van der Waals surface area contributed by atoms with Crippen LogP contribution < -0.4 is 10.6 Å². The first-order chi connectivity index (χ1) is 9.08. The van der Waals surface area contributed by atoms with Crippen molar-refractivity contribution in [1.82, 2.24) is 5.32 Å². The van der Waals surface area contributed by atoms with Crippen LogP contribution in [0.3, 0.4) is 0 Å². The minimum absolute atomic E-state index is 0.162. The van der Waals surface area contributed by atoms with Gasteiger partial charge in [-0.05, 0) is 24.5 Å². The molecule has 1 aromatic carbocycles. The molecule has 0 bridgehead atoms. The monoisotopic (exact) mass is 258 g/mol. The summed E-state index contributed by atoms with van der Waals surface area (Å²) in [6.07, 6.45) is 0.895. The molecule has 1 aliphatic carbocycles. The second-order valence-corrected chi connectivity index (χ2v) is 5.05. The van der Waals surface area contributed by atoms with Crippen molar-refractivity contribution in [3.05, 3.63) is 29.3 Å². The summed E-state index contributed by atoms with van der Waals surface area (Å²) >= 11 is 0. The van der Waals surface area contributed by atoms with Crippen LogP contribution in [0.15, 0.2) is 18.2 Å². The largest absolute Gasteiger partial charge is 0.388 e. The number of anilines is 1. The third-order valence-electron chi connectivity index (χ3n) is 4.07. The summed E-state index contributed by atoms with van der Waals surface area (Å²) in [7, 11) is 1.79. The van der Waals surface area contributed by atoms with Crippen LogP contribution in [0.5, 0.6) is 0 Å². The summed E-state index contributed by atoms with van der Waals surface area (Å²) in [5.74, 6) is -0.912. The lowest BCUT2D eigenvalue weighted by molar-refractivity contribution is -0.139. The number of hydrogen-bond acceptors (Lipinski definition) is 4. The van der Waals surface area contributed by atoms with Gasteiger partial charge in [-0.2, -0.15) is 0 Å². The highest BCUT2D eigenvalue weighted by Gasteiger charge is 2.54. The minimum atomic E-state index is -1.08. The first kappa shape index (κ1) is 11.9. The fourth-order valence-electron chi connectivity index (χ4n) is 3.00. The molecule has 2 N–H and O–H groups in total. The molecule has 1 saturated heterocycles. The topological polar surface area (TPSA) is 75.3 Å². The zero-order valence-corrected chi connectivity index (χ0v) is 10.6. The molecule has 1 heterocycles. The van der Waals surface area contributed by atoms with Gasteiger partial charge in [-0.25, -0.2) is 0 Å². The smallest absolute Gasteiger partial charge is 0.240 e. The number of rotatable bonds is 1. The molecule has 0 saturated carbocycles. The number of amides is 2. The highest BCUT2D eigenvalue weighted by Crippen LogP contribution is 2.44. The van der Waals surface area contributed by atoms with E-state index >= 15 is 0 Å². The third-order valence-corrected chi connectivity index (χ3v) is 4.07. The molecule has 1 aromatic rings. The first-order valence-electron chi connectivity index (χ1n) is 6.27. The van der Waals surface area contributed by atoms with Crippen molar-refractivity contribution in [3.63, 3.8) is 0 Å². The summed E-state index contributed by atoms with van der Waals surface area (Å²) in [5.41, 5.74) is 1.26. The molecule has 2 aliphatic rings. The highest BCUT2D eigenvalue weighted by molar-refractivity contribution is 6.21. The van der Waals surface area contributed by atoms with E-state index in [0.29, 0.717) is 18.4 Å². The fraction of sp³-hybridized carbons (Fsp3) is 0.357. The van der Waals surface area contributed by atoms with E-state index in [1.54, 1.807) is 19.2 Å². The molecule has 5 heteroatoms. The number of Topliss-reactive ketones (excluding diaryl/α,β-unsaturated/α-hetero) is 1. The molecule has 0 aromatic heterocycles. The van der Waals surface area contributed by atoms with Crippen molar-refractivity contribution in [1.29, 1.82) is 0 Å². The quantitative estimate of drug-likeness (QED) is 0.579. The van der Waals surface area contributed by atoms with Gasteiger partial charge in [0.25, 0.3) is 0 Å². The molecule has 98 valence electrons. The SMILES string of the molecule is CNc1cccc2c1CC1(CCC(=O)NC1=O)C2=O. The van der Waals surface area contributed by atoms with Crippen LogP contribution in [0.25, 0.3) is 0 Å². The maximum atomic E-state index is 12.6. The Balaban J connectivity index is 2.08. The molecule has 2 amide bonds. The number of carbonyl (C=O) groups excluding carboxylic acids is 3. The molecular formula is C14H14N2O3. The number of carbonyl (C=O) groups is 3. The van der Waals surface area contributed by atoms with E-state index in [4.69, 9.17) is 0 Å². The Morgan fingerprint density at radius 1 is 1.26 bits per heavy atom.